The van der Waals surface area contributed by atoms with Gasteiger partial charge in [0.15, 0.2) is 0 Å². The number of hydrogen-bond acceptors (Lipinski definition) is 2. The van der Waals surface area contributed by atoms with Crippen molar-refractivity contribution in [3.8, 4) is 0 Å². The van der Waals surface area contributed by atoms with Gasteiger partial charge < -0.3 is 10.6 Å². The summed E-state index contributed by atoms with van der Waals surface area (Å²) in [6.45, 7) is 10.00. The molecule has 0 aromatic heterocycles. The molecule has 0 heterocycles. The third kappa shape index (κ3) is 4.79. The molecule has 13 heavy (non-hydrogen) atoms. The van der Waals surface area contributed by atoms with Gasteiger partial charge in [-0.3, -0.25) is 9.59 Å². The average molecular weight is 182 g/mol. The van der Waals surface area contributed by atoms with Gasteiger partial charge in [-0.1, -0.05) is 13.2 Å². The molecule has 0 aliphatic heterocycles. The fourth-order valence-corrected chi connectivity index (χ4v) is 0.628. The van der Waals surface area contributed by atoms with Crippen LogP contribution in [0, 0.1) is 0 Å². The third-order valence-electron chi connectivity index (χ3n) is 1.28. The summed E-state index contributed by atoms with van der Waals surface area (Å²) in [5.41, 5.74) is 0.403. The molecule has 0 radical (unpaired) electrons. The average Bonchev–Trinajstić information content (AvgIpc) is 2.03. The van der Waals surface area contributed by atoms with E-state index in [1.807, 2.05) is 0 Å². The van der Waals surface area contributed by atoms with Crippen LogP contribution in [0.25, 0.3) is 0 Å². The van der Waals surface area contributed by atoms with Gasteiger partial charge in [0, 0.05) is 5.57 Å². The Morgan fingerprint density at radius 1 is 1.38 bits per heavy atom. The van der Waals surface area contributed by atoms with Crippen molar-refractivity contribution in [2.75, 3.05) is 0 Å². The highest BCUT2D eigenvalue weighted by atomic mass is 16.2. The van der Waals surface area contributed by atoms with E-state index < -0.39 is 6.17 Å². The van der Waals surface area contributed by atoms with Crippen molar-refractivity contribution in [3.63, 3.8) is 0 Å². The van der Waals surface area contributed by atoms with E-state index in [2.05, 4.69) is 23.8 Å². The Bertz CT molecular complexity index is 246. The molecular formula is C9H14N2O2. The highest BCUT2D eigenvalue weighted by molar-refractivity contribution is 5.93. The Balaban J connectivity index is 3.94. The molecule has 2 N–H and O–H groups in total. The lowest BCUT2D eigenvalue weighted by atomic mass is 10.3. The van der Waals surface area contributed by atoms with Crippen LogP contribution in [-0.4, -0.2) is 18.0 Å². The minimum absolute atomic E-state index is 0.281. The second-order valence-electron chi connectivity index (χ2n) is 2.69. The standard InChI is InChI=1S/C9H14N2O2/c1-5-8(12)10-7(4)11-9(13)6(2)3/h5,7H,1-2H2,3-4H3,(H,10,12)(H,11,13). The van der Waals surface area contributed by atoms with Gasteiger partial charge in [-0.25, -0.2) is 0 Å². The van der Waals surface area contributed by atoms with Crippen LogP contribution in [-0.2, 0) is 9.59 Å². The summed E-state index contributed by atoms with van der Waals surface area (Å²) in [5.74, 6) is -0.605. The summed E-state index contributed by atoms with van der Waals surface area (Å²) >= 11 is 0. The second kappa shape index (κ2) is 5.13. The molecule has 1 atom stereocenters. The number of rotatable bonds is 4. The van der Waals surface area contributed by atoms with Crippen molar-refractivity contribution >= 4 is 11.8 Å². The third-order valence-corrected chi connectivity index (χ3v) is 1.28. The van der Waals surface area contributed by atoms with Gasteiger partial charge >= 0.3 is 0 Å². The van der Waals surface area contributed by atoms with Crippen molar-refractivity contribution in [1.82, 2.24) is 10.6 Å². The van der Waals surface area contributed by atoms with Crippen molar-refractivity contribution in [1.29, 1.82) is 0 Å². The lowest BCUT2D eigenvalue weighted by molar-refractivity contribution is -0.119. The topological polar surface area (TPSA) is 58.2 Å². The van der Waals surface area contributed by atoms with E-state index in [4.69, 9.17) is 0 Å². The summed E-state index contributed by atoms with van der Waals surface area (Å²) < 4.78 is 0. The van der Waals surface area contributed by atoms with Crippen molar-refractivity contribution in [3.05, 3.63) is 24.8 Å². The molecule has 2 amide bonds. The molecule has 0 aromatic carbocycles. The van der Waals surface area contributed by atoms with E-state index in [1.54, 1.807) is 13.8 Å². The summed E-state index contributed by atoms with van der Waals surface area (Å²) in [6, 6.07) is 0. The van der Waals surface area contributed by atoms with E-state index in [9.17, 15) is 9.59 Å². The largest absolute Gasteiger partial charge is 0.333 e. The summed E-state index contributed by atoms with van der Waals surface area (Å²) in [4.78, 5) is 21.8. The Labute approximate surface area is 77.7 Å². The van der Waals surface area contributed by atoms with Crippen LogP contribution in [0.1, 0.15) is 13.8 Å². The first-order valence-corrected chi connectivity index (χ1v) is 3.86. The number of carbonyl (C=O) groups is 2. The molecule has 0 fully saturated rings. The SMILES string of the molecule is C=CC(=O)NC(C)NC(=O)C(=C)C. The number of nitrogens with one attached hydrogen (secondary N) is 2. The summed E-state index contributed by atoms with van der Waals surface area (Å²) in [7, 11) is 0. The molecule has 0 saturated carbocycles. The molecule has 0 aliphatic rings. The van der Waals surface area contributed by atoms with Crippen LogP contribution < -0.4 is 10.6 Å². The minimum Gasteiger partial charge on any atom is -0.333 e. The molecule has 4 heteroatoms. The van der Waals surface area contributed by atoms with Crippen LogP contribution in [0.3, 0.4) is 0 Å². The fraction of sp³-hybridized carbons (Fsp3) is 0.333. The first kappa shape index (κ1) is 11.4. The van der Waals surface area contributed by atoms with E-state index in [1.165, 1.54) is 0 Å². The van der Waals surface area contributed by atoms with Crippen molar-refractivity contribution in [2.45, 2.75) is 20.0 Å². The first-order valence-electron chi connectivity index (χ1n) is 3.86. The van der Waals surface area contributed by atoms with Crippen LogP contribution in [0.5, 0.6) is 0 Å². The van der Waals surface area contributed by atoms with Gasteiger partial charge in [0.2, 0.25) is 11.8 Å². The van der Waals surface area contributed by atoms with E-state index in [0.29, 0.717) is 5.57 Å². The molecule has 4 nitrogen and oxygen atoms in total. The van der Waals surface area contributed by atoms with Crippen LogP contribution in [0.2, 0.25) is 0 Å². The second-order valence-corrected chi connectivity index (χ2v) is 2.69. The zero-order valence-corrected chi connectivity index (χ0v) is 7.89. The van der Waals surface area contributed by atoms with E-state index >= 15 is 0 Å². The molecular weight excluding hydrogens is 168 g/mol. The van der Waals surface area contributed by atoms with Gasteiger partial charge in [0.05, 0.1) is 6.17 Å². The maximum absolute atomic E-state index is 11.0. The highest BCUT2D eigenvalue weighted by Gasteiger charge is 2.07. The van der Waals surface area contributed by atoms with Crippen LogP contribution >= 0.6 is 0 Å². The Morgan fingerprint density at radius 2 is 1.92 bits per heavy atom. The molecule has 0 spiro atoms. The quantitative estimate of drug-likeness (QED) is 0.486. The van der Waals surface area contributed by atoms with Crippen molar-refractivity contribution in [2.24, 2.45) is 0 Å². The van der Waals surface area contributed by atoms with Gasteiger partial charge in [-0.05, 0) is 19.9 Å². The number of hydrogen-bond donors (Lipinski definition) is 2. The Morgan fingerprint density at radius 3 is 2.31 bits per heavy atom. The van der Waals surface area contributed by atoms with E-state index in [-0.39, 0.29) is 11.8 Å². The summed E-state index contributed by atoms with van der Waals surface area (Å²) in [5, 5.41) is 5.01. The lowest BCUT2D eigenvalue weighted by Crippen LogP contribution is -2.45. The Kier molecular flexibility index (Phi) is 4.51. The molecule has 0 bridgehead atoms. The minimum atomic E-state index is -0.422. The van der Waals surface area contributed by atoms with Gasteiger partial charge in [-0.2, -0.15) is 0 Å². The predicted octanol–water partition coefficient (Wildman–Crippen LogP) is 0.327. The van der Waals surface area contributed by atoms with Crippen molar-refractivity contribution < 1.29 is 9.59 Å². The molecule has 0 saturated heterocycles. The van der Waals surface area contributed by atoms with Gasteiger partial charge in [-0.15, -0.1) is 0 Å². The zero-order valence-electron chi connectivity index (χ0n) is 7.89. The van der Waals surface area contributed by atoms with Gasteiger partial charge in [0.25, 0.3) is 0 Å². The normalized spacial score (nSPS) is 11.2. The molecule has 0 aromatic rings. The maximum Gasteiger partial charge on any atom is 0.247 e. The molecule has 0 aliphatic carbocycles. The smallest absolute Gasteiger partial charge is 0.247 e. The van der Waals surface area contributed by atoms with Gasteiger partial charge in [0.1, 0.15) is 0 Å². The van der Waals surface area contributed by atoms with E-state index in [0.717, 1.165) is 6.08 Å². The fourth-order valence-electron chi connectivity index (χ4n) is 0.628. The molecule has 1 unspecified atom stereocenters. The highest BCUT2D eigenvalue weighted by Crippen LogP contribution is 1.87. The summed E-state index contributed by atoms with van der Waals surface area (Å²) in [6.07, 6.45) is 0.721. The molecule has 0 rings (SSSR count). The first-order chi connectivity index (χ1) is 5.97. The number of amides is 2. The molecule has 72 valence electrons. The lowest BCUT2D eigenvalue weighted by Gasteiger charge is -2.14. The van der Waals surface area contributed by atoms with Crippen LogP contribution in [0.15, 0.2) is 24.8 Å². The maximum atomic E-state index is 11.0. The zero-order chi connectivity index (χ0) is 10.4. The monoisotopic (exact) mass is 182 g/mol. The predicted molar refractivity (Wildman–Crippen MR) is 50.8 cm³/mol. The Hall–Kier alpha value is -1.58. The van der Waals surface area contributed by atoms with Crippen LogP contribution in [0.4, 0.5) is 0 Å². The number of carbonyl (C=O) groups excluding carboxylic acids is 2.